The molecule has 7 heteroatoms. The molecular weight excluding hydrogens is 289 g/mol. The number of anilines is 1. The highest BCUT2D eigenvalue weighted by molar-refractivity contribution is 6.39. The number of hydrogen-bond donors (Lipinski definition) is 2. The number of nitrogens with zero attached hydrogens (tertiary/aromatic N) is 1. The molecule has 0 fully saturated rings. The van der Waals surface area contributed by atoms with Gasteiger partial charge in [0.05, 0.1) is 28.5 Å². The van der Waals surface area contributed by atoms with E-state index in [1.54, 1.807) is 13.1 Å². The van der Waals surface area contributed by atoms with Crippen LogP contribution in [0, 0.1) is 6.92 Å². The number of carbonyl (C=O) groups is 1. The smallest absolute Gasteiger partial charge is 0.251 e. The Balaban J connectivity index is 2.08. The minimum Gasteiger partial charge on any atom is -0.444 e. The van der Waals surface area contributed by atoms with Gasteiger partial charge in [-0.2, -0.15) is 0 Å². The standard InChI is InChI=1S/C12H11Cl2N3O2/c1-6-4-16-10(19-6)5-17-12(18)7-2-8(13)11(15)9(14)3-7/h2-4H,5,15H2,1H3,(H,17,18). The second-order valence-electron chi connectivity index (χ2n) is 3.90. The first-order chi connectivity index (χ1) is 8.97. The maximum atomic E-state index is 11.9. The molecule has 100 valence electrons. The van der Waals surface area contributed by atoms with Crippen molar-refractivity contribution < 1.29 is 9.21 Å². The fraction of sp³-hybridized carbons (Fsp3) is 0.167. The second-order valence-corrected chi connectivity index (χ2v) is 4.72. The van der Waals surface area contributed by atoms with Crippen molar-refractivity contribution in [1.82, 2.24) is 10.3 Å². The summed E-state index contributed by atoms with van der Waals surface area (Å²) >= 11 is 11.7. The van der Waals surface area contributed by atoms with Crippen molar-refractivity contribution in [2.24, 2.45) is 0 Å². The van der Waals surface area contributed by atoms with E-state index in [0.717, 1.165) is 0 Å². The van der Waals surface area contributed by atoms with Crippen LogP contribution in [0.2, 0.25) is 10.0 Å². The number of aryl methyl sites for hydroxylation is 1. The second kappa shape index (κ2) is 5.50. The van der Waals surface area contributed by atoms with E-state index in [9.17, 15) is 4.79 Å². The number of amides is 1. The number of oxazole rings is 1. The van der Waals surface area contributed by atoms with E-state index in [2.05, 4.69) is 10.3 Å². The number of halogens is 2. The molecule has 0 radical (unpaired) electrons. The number of benzene rings is 1. The molecule has 0 aliphatic heterocycles. The van der Waals surface area contributed by atoms with Gasteiger partial charge in [-0.3, -0.25) is 4.79 Å². The molecule has 0 aliphatic rings. The molecule has 1 aromatic heterocycles. The van der Waals surface area contributed by atoms with Crippen molar-refractivity contribution >= 4 is 34.8 Å². The van der Waals surface area contributed by atoms with E-state index in [-0.39, 0.29) is 28.2 Å². The number of carbonyl (C=O) groups excluding carboxylic acids is 1. The van der Waals surface area contributed by atoms with Gasteiger partial charge in [-0.1, -0.05) is 23.2 Å². The minimum absolute atomic E-state index is 0.187. The van der Waals surface area contributed by atoms with E-state index < -0.39 is 0 Å². The van der Waals surface area contributed by atoms with Crippen LogP contribution in [0.15, 0.2) is 22.7 Å². The molecule has 0 atom stereocenters. The van der Waals surface area contributed by atoms with Gasteiger partial charge >= 0.3 is 0 Å². The van der Waals surface area contributed by atoms with E-state index >= 15 is 0 Å². The highest BCUT2D eigenvalue weighted by atomic mass is 35.5. The number of nitrogen functional groups attached to an aromatic ring is 1. The summed E-state index contributed by atoms with van der Waals surface area (Å²) in [5, 5.41) is 3.13. The number of hydrogen-bond acceptors (Lipinski definition) is 4. The van der Waals surface area contributed by atoms with Gasteiger partial charge in [0.1, 0.15) is 5.76 Å². The Morgan fingerprint density at radius 2 is 2.05 bits per heavy atom. The fourth-order valence-electron chi connectivity index (χ4n) is 1.46. The molecule has 2 aromatic rings. The number of nitrogens with one attached hydrogen (secondary N) is 1. The first kappa shape index (κ1) is 13.7. The van der Waals surface area contributed by atoms with Crippen LogP contribution in [0.25, 0.3) is 0 Å². The molecule has 0 aliphatic carbocycles. The van der Waals surface area contributed by atoms with Gasteiger partial charge < -0.3 is 15.5 Å². The maximum absolute atomic E-state index is 11.9. The van der Waals surface area contributed by atoms with Crippen LogP contribution in [0.3, 0.4) is 0 Å². The van der Waals surface area contributed by atoms with Crippen LogP contribution in [-0.2, 0) is 6.54 Å². The lowest BCUT2D eigenvalue weighted by molar-refractivity contribution is 0.0947. The molecule has 5 nitrogen and oxygen atoms in total. The Bertz CT molecular complexity index is 602. The topological polar surface area (TPSA) is 81.2 Å². The average Bonchev–Trinajstić information content (AvgIpc) is 2.78. The monoisotopic (exact) mass is 299 g/mol. The van der Waals surface area contributed by atoms with Crippen LogP contribution >= 0.6 is 23.2 Å². The Morgan fingerprint density at radius 3 is 2.58 bits per heavy atom. The Morgan fingerprint density at radius 1 is 1.42 bits per heavy atom. The van der Waals surface area contributed by atoms with E-state index in [4.69, 9.17) is 33.4 Å². The predicted octanol–water partition coefficient (Wildman–Crippen LogP) is 2.80. The lowest BCUT2D eigenvalue weighted by atomic mass is 10.2. The average molecular weight is 300 g/mol. The number of rotatable bonds is 3. The summed E-state index contributed by atoms with van der Waals surface area (Å²) in [6.45, 7) is 1.96. The van der Waals surface area contributed by atoms with E-state index in [1.165, 1.54) is 12.1 Å². The summed E-state index contributed by atoms with van der Waals surface area (Å²) in [4.78, 5) is 15.9. The largest absolute Gasteiger partial charge is 0.444 e. The highest BCUT2D eigenvalue weighted by Gasteiger charge is 2.12. The SMILES string of the molecule is Cc1cnc(CNC(=O)c2cc(Cl)c(N)c(Cl)c2)o1. The van der Waals surface area contributed by atoms with Crippen LogP contribution in [0.4, 0.5) is 5.69 Å². The zero-order chi connectivity index (χ0) is 14.0. The first-order valence-electron chi connectivity index (χ1n) is 5.41. The predicted molar refractivity (Wildman–Crippen MR) is 73.3 cm³/mol. The minimum atomic E-state index is -0.334. The van der Waals surface area contributed by atoms with Crippen molar-refractivity contribution in [3.63, 3.8) is 0 Å². The normalized spacial score (nSPS) is 10.5. The zero-order valence-corrected chi connectivity index (χ0v) is 11.5. The van der Waals surface area contributed by atoms with Crippen LogP contribution < -0.4 is 11.1 Å². The van der Waals surface area contributed by atoms with E-state index in [0.29, 0.717) is 17.2 Å². The summed E-state index contributed by atoms with van der Waals surface area (Å²) in [6.07, 6.45) is 1.58. The first-order valence-corrected chi connectivity index (χ1v) is 6.17. The Labute approximate surface area is 119 Å². The molecule has 19 heavy (non-hydrogen) atoms. The molecule has 0 saturated heterocycles. The van der Waals surface area contributed by atoms with Crippen LogP contribution in [0.5, 0.6) is 0 Å². The lowest BCUT2D eigenvalue weighted by Crippen LogP contribution is -2.23. The third kappa shape index (κ3) is 3.19. The van der Waals surface area contributed by atoms with Crippen molar-refractivity contribution in [2.75, 3.05) is 5.73 Å². The lowest BCUT2D eigenvalue weighted by Gasteiger charge is -2.06. The van der Waals surface area contributed by atoms with Crippen molar-refractivity contribution in [3.05, 3.63) is 45.6 Å². The molecule has 3 N–H and O–H groups in total. The highest BCUT2D eigenvalue weighted by Crippen LogP contribution is 2.28. The Kier molecular flexibility index (Phi) is 3.97. The molecule has 0 spiro atoms. The zero-order valence-electron chi connectivity index (χ0n) is 10.0. The van der Waals surface area contributed by atoms with Gasteiger partial charge in [-0.25, -0.2) is 4.98 Å². The van der Waals surface area contributed by atoms with Gasteiger partial charge in [-0.05, 0) is 19.1 Å². The third-order valence-electron chi connectivity index (χ3n) is 2.41. The summed E-state index contributed by atoms with van der Waals surface area (Å²) in [5.74, 6) is 0.779. The molecule has 1 amide bonds. The quantitative estimate of drug-likeness (QED) is 0.854. The molecule has 1 heterocycles. The van der Waals surface area contributed by atoms with Gasteiger partial charge in [0.25, 0.3) is 5.91 Å². The molecule has 0 bridgehead atoms. The van der Waals surface area contributed by atoms with Crippen LogP contribution in [0.1, 0.15) is 22.0 Å². The van der Waals surface area contributed by atoms with Crippen molar-refractivity contribution in [2.45, 2.75) is 13.5 Å². The van der Waals surface area contributed by atoms with Gasteiger partial charge in [0.2, 0.25) is 5.89 Å². The Hall–Kier alpha value is -1.72. The summed E-state index contributed by atoms with van der Waals surface area (Å²) < 4.78 is 5.24. The fourth-order valence-corrected chi connectivity index (χ4v) is 1.94. The van der Waals surface area contributed by atoms with E-state index in [1.807, 2.05) is 0 Å². The number of nitrogens with two attached hydrogens (primary N) is 1. The maximum Gasteiger partial charge on any atom is 0.251 e. The number of aromatic nitrogens is 1. The molecular formula is C12H11Cl2N3O2. The van der Waals surface area contributed by atoms with Crippen molar-refractivity contribution in [3.8, 4) is 0 Å². The third-order valence-corrected chi connectivity index (χ3v) is 3.04. The molecule has 1 aromatic carbocycles. The molecule has 2 rings (SSSR count). The van der Waals surface area contributed by atoms with Gasteiger partial charge in [0.15, 0.2) is 0 Å². The summed E-state index contributed by atoms with van der Waals surface area (Å²) in [7, 11) is 0. The van der Waals surface area contributed by atoms with Crippen LogP contribution in [-0.4, -0.2) is 10.9 Å². The summed E-state index contributed by atoms with van der Waals surface area (Å²) in [5.41, 5.74) is 6.18. The van der Waals surface area contributed by atoms with Gasteiger partial charge in [-0.15, -0.1) is 0 Å². The summed E-state index contributed by atoms with van der Waals surface area (Å²) in [6, 6.07) is 2.91. The van der Waals surface area contributed by atoms with Gasteiger partial charge in [0, 0.05) is 5.56 Å². The molecule has 0 saturated carbocycles. The van der Waals surface area contributed by atoms with Crippen molar-refractivity contribution in [1.29, 1.82) is 0 Å². The molecule has 0 unspecified atom stereocenters.